The number of carbonyl (C=O) groups is 2. The number of ether oxygens (including phenoxy) is 7. The van der Waals surface area contributed by atoms with E-state index in [-0.39, 0.29) is 59.3 Å². The summed E-state index contributed by atoms with van der Waals surface area (Å²) in [6.07, 6.45) is 12.0. The van der Waals surface area contributed by atoms with E-state index in [1.54, 1.807) is 13.2 Å². The summed E-state index contributed by atoms with van der Waals surface area (Å²) in [5.41, 5.74) is 3.68. The third-order valence-corrected chi connectivity index (χ3v) is 12.7. The molecule has 0 unspecified atom stereocenters. The highest BCUT2D eigenvalue weighted by Crippen LogP contribution is 2.39. The number of morpholine rings is 1. The molecule has 2 saturated carbocycles. The fourth-order valence-electron chi connectivity index (χ4n) is 8.80. The van der Waals surface area contributed by atoms with Crippen LogP contribution in [-0.2, 0) is 42.8 Å². The van der Waals surface area contributed by atoms with Gasteiger partial charge >= 0.3 is 0 Å². The van der Waals surface area contributed by atoms with Gasteiger partial charge in [0.1, 0.15) is 48.1 Å². The van der Waals surface area contributed by atoms with Crippen molar-refractivity contribution >= 4 is 49.4 Å². The highest BCUT2D eigenvalue weighted by molar-refractivity contribution is 7.86. The number of aromatic hydroxyl groups is 1. The molecular formula is C46H71N7O13S. The predicted octanol–water partition coefficient (Wildman–Crippen LogP) is 4.94. The molecule has 0 bridgehead atoms. The van der Waals surface area contributed by atoms with Gasteiger partial charge < -0.3 is 53.8 Å². The third-order valence-electron chi connectivity index (χ3n) is 12.0. The quantitative estimate of drug-likeness (QED) is 0.142. The lowest BCUT2D eigenvalue weighted by molar-refractivity contribution is -0.126. The monoisotopic (exact) mass is 961 g/mol. The Kier molecular flexibility index (Phi) is 19.3. The molecule has 21 heteroatoms. The Balaban J connectivity index is 0.000000289. The van der Waals surface area contributed by atoms with Crippen molar-refractivity contribution in [2.75, 3.05) is 92.3 Å². The van der Waals surface area contributed by atoms with Crippen LogP contribution in [0.2, 0.25) is 0 Å². The summed E-state index contributed by atoms with van der Waals surface area (Å²) in [4.78, 5) is 42.3. The van der Waals surface area contributed by atoms with Crippen LogP contribution in [0.4, 0.5) is 5.69 Å². The Morgan fingerprint density at radius 2 is 1.22 bits per heavy atom. The van der Waals surface area contributed by atoms with Crippen molar-refractivity contribution in [1.29, 1.82) is 0 Å². The lowest BCUT2D eigenvalue weighted by Crippen LogP contribution is -2.41. The second-order valence-corrected chi connectivity index (χ2v) is 18.5. The van der Waals surface area contributed by atoms with E-state index in [4.69, 9.17) is 37.3 Å². The van der Waals surface area contributed by atoms with E-state index in [1.165, 1.54) is 34.0 Å². The maximum absolute atomic E-state index is 11.8. The van der Waals surface area contributed by atoms with Crippen molar-refractivity contribution in [3.05, 3.63) is 42.5 Å². The van der Waals surface area contributed by atoms with Gasteiger partial charge in [0.15, 0.2) is 0 Å². The number of nitrogens with one attached hydrogen (secondary N) is 2. The Morgan fingerprint density at radius 1 is 0.701 bits per heavy atom. The van der Waals surface area contributed by atoms with E-state index < -0.39 is 10.1 Å². The first-order valence-corrected chi connectivity index (χ1v) is 24.6. The molecule has 20 nitrogen and oxygen atoms in total. The molecule has 374 valence electrons. The Hall–Kier alpha value is -5.19. The number of rotatable bonds is 14. The van der Waals surface area contributed by atoms with Gasteiger partial charge in [-0.2, -0.15) is 8.42 Å². The molecule has 67 heavy (non-hydrogen) atoms. The molecule has 3 N–H and O–H groups in total. The number of fused-ring (bicyclic) bond motifs is 2. The highest BCUT2D eigenvalue weighted by Gasteiger charge is 2.27. The first kappa shape index (κ1) is 51.2. The first-order valence-electron chi connectivity index (χ1n) is 22.7. The van der Waals surface area contributed by atoms with Crippen molar-refractivity contribution in [3.63, 3.8) is 0 Å². The molecule has 0 spiro atoms. The number of carbonyl (C=O) groups excluding carboxylic acids is 2. The average molecular weight is 962 g/mol. The van der Waals surface area contributed by atoms with Crippen molar-refractivity contribution < 1.29 is 64.7 Å². The number of phenols is 1. The standard InChI is InChI=1S/C22H30N4O5.C14H16N2O3.C10H19NO5S.3H2/c1-28-13-20(27)25-15-3-5-17(6-4-15)31-19-12-16(26-7-9-30-10-8-26)11-18-21(19)22(29-2)24-14-23-18;1-18-14-13-11(15-8-16-14)6-10(7-12(13)17)9-2-4-19-5-3-9;1-15-7-10(12)11-8-3-5-9(6-4-8)16-17(2,13)14;;;/h11-12,14-15,17H,3-10,13H2,1-2H3,(H,25,27);6-9,17H,2-5H2,1H3;8-9H,3-7H2,1-2H3,(H,11,12);3*1H. The first-order chi connectivity index (χ1) is 32.4. The third kappa shape index (κ3) is 15.2. The molecule has 4 heterocycles. The summed E-state index contributed by atoms with van der Waals surface area (Å²) < 4.78 is 64.4. The summed E-state index contributed by atoms with van der Waals surface area (Å²) in [6, 6.07) is 8.18. The van der Waals surface area contributed by atoms with Crippen LogP contribution in [0.3, 0.4) is 0 Å². The van der Waals surface area contributed by atoms with Gasteiger partial charge in [0.05, 0.1) is 56.9 Å². The van der Waals surface area contributed by atoms with E-state index in [2.05, 4.69) is 47.6 Å². The molecule has 2 aliphatic carbocycles. The molecular weight excluding hydrogens is 891 g/mol. The van der Waals surface area contributed by atoms with Crippen molar-refractivity contribution in [2.24, 2.45) is 0 Å². The molecule has 4 fully saturated rings. The molecule has 2 aromatic carbocycles. The summed E-state index contributed by atoms with van der Waals surface area (Å²) >= 11 is 0. The summed E-state index contributed by atoms with van der Waals surface area (Å²) in [7, 11) is 2.76. The summed E-state index contributed by atoms with van der Waals surface area (Å²) in [5, 5.41) is 17.4. The molecule has 2 saturated heterocycles. The van der Waals surface area contributed by atoms with Crippen LogP contribution in [0, 0.1) is 0 Å². The second-order valence-electron chi connectivity index (χ2n) is 16.9. The van der Waals surface area contributed by atoms with Crippen LogP contribution in [0.1, 0.15) is 80.0 Å². The van der Waals surface area contributed by atoms with E-state index in [0.29, 0.717) is 54.6 Å². The Morgan fingerprint density at radius 3 is 1.76 bits per heavy atom. The van der Waals surface area contributed by atoms with Gasteiger partial charge in [0.25, 0.3) is 10.1 Å². The van der Waals surface area contributed by atoms with E-state index >= 15 is 0 Å². The number of anilines is 1. The molecule has 2 aromatic heterocycles. The van der Waals surface area contributed by atoms with Crippen LogP contribution < -0.4 is 29.7 Å². The van der Waals surface area contributed by atoms with Gasteiger partial charge in [-0.3, -0.25) is 13.8 Å². The van der Waals surface area contributed by atoms with Crippen LogP contribution in [0.15, 0.2) is 36.9 Å². The number of benzene rings is 2. The topological polar surface area (TPSA) is 241 Å². The van der Waals surface area contributed by atoms with Crippen molar-refractivity contribution in [3.8, 4) is 23.3 Å². The minimum Gasteiger partial charge on any atom is -0.507 e. The van der Waals surface area contributed by atoms with Crippen molar-refractivity contribution in [2.45, 2.75) is 94.4 Å². The summed E-state index contributed by atoms with van der Waals surface area (Å²) in [6.45, 7) is 4.78. The SMILES string of the molecule is COCC(=O)NC1CCC(OS(C)(=O)=O)CC1.COCC(=O)NC1CCC(Oc2cc(N3CCOCC3)cc3ncnc(OC)c23)CC1.COc1ncnc2cc(C3CCOCC3)cc(O)c12.[HH].[HH].[HH]. The van der Waals surface area contributed by atoms with E-state index in [9.17, 15) is 23.1 Å². The van der Waals surface area contributed by atoms with Crippen LogP contribution >= 0.6 is 0 Å². The maximum atomic E-state index is 11.8. The molecule has 0 atom stereocenters. The zero-order valence-corrected chi connectivity index (χ0v) is 39.9. The number of phenolic OH excluding ortho intramolecular Hbond substituents is 1. The van der Waals surface area contributed by atoms with E-state index in [1.807, 2.05) is 6.07 Å². The zero-order chi connectivity index (χ0) is 47.8. The fraction of sp³-hybridized carbons (Fsp3) is 0.609. The number of hydrogen-bond acceptors (Lipinski definition) is 18. The van der Waals surface area contributed by atoms with Gasteiger partial charge in [-0.25, -0.2) is 19.9 Å². The van der Waals surface area contributed by atoms with Gasteiger partial charge in [-0.15, -0.1) is 0 Å². The molecule has 2 amide bonds. The lowest BCUT2D eigenvalue weighted by atomic mass is 9.91. The van der Waals surface area contributed by atoms with Gasteiger partial charge in [-0.05, 0) is 93.9 Å². The summed E-state index contributed by atoms with van der Waals surface area (Å²) in [5.74, 6) is 2.04. The molecule has 4 aliphatic rings. The number of nitrogens with zero attached hydrogens (tertiary/aromatic N) is 5. The van der Waals surface area contributed by atoms with Gasteiger partial charge in [-0.1, -0.05) is 0 Å². The molecule has 8 rings (SSSR count). The van der Waals surface area contributed by atoms with E-state index in [0.717, 1.165) is 112 Å². The smallest absolute Gasteiger partial charge is 0.264 e. The number of amides is 2. The van der Waals surface area contributed by atoms with Crippen molar-refractivity contribution in [1.82, 2.24) is 30.6 Å². The Labute approximate surface area is 396 Å². The van der Waals surface area contributed by atoms with Gasteiger partial charge in [0, 0.05) is 68.6 Å². The number of methoxy groups -OCH3 is 4. The molecule has 0 radical (unpaired) electrons. The normalized spacial score (nSPS) is 21.2. The van der Waals surface area contributed by atoms with Gasteiger partial charge in [0.2, 0.25) is 23.6 Å². The molecule has 2 aliphatic heterocycles. The maximum Gasteiger partial charge on any atom is 0.264 e. The zero-order valence-electron chi connectivity index (χ0n) is 39.1. The minimum absolute atomic E-state index is 0. The van der Waals surface area contributed by atoms with Crippen LogP contribution in [-0.4, -0.2) is 157 Å². The average Bonchev–Trinajstić information content (AvgIpc) is 3.33. The predicted molar refractivity (Wildman–Crippen MR) is 255 cm³/mol. The number of hydrogen-bond donors (Lipinski definition) is 3. The second kappa shape index (κ2) is 25.3. The Bertz CT molecular complexity index is 2350. The minimum atomic E-state index is -3.38. The number of aromatic nitrogens is 4. The fourth-order valence-corrected chi connectivity index (χ4v) is 9.49. The molecule has 4 aromatic rings. The largest absolute Gasteiger partial charge is 0.507 e. The van der Waals surface area contributed by atoms with Crippen LogP contribution in [0.5, 0.6) is 23.3 Å². The van der Waals surface area contributed by atoms with Crippen LogP contribution in [0.25, 0.3) is 21.8 Å². The lowest BCUT2D eigenvalue weighted by Gasteiger charge is -2.31. The highest BCUT2D eigenvalue weighted by atomic mass is 32.2.